The topological polar surface area (TPSA) is 55.8 Å². The fraction of sp³-hybridized carbons (Fsp3) is 0.304. The van der Waals surface area contributed by atoms with Crippen molar-refractivity contribution in [3.63, 3.8) is 0 Å². The van der Waals surface area contributed by atoms with Gasteiger partial charge < -0.3 is 14.4 Å². The largest absolute Gasteiger partial charge is 0.497 e. The first-order valence-corrected chi connectivity index (χ1v) is 9.53. The Hall–Kier alpha value is -3.08. The van der Waals surface area contributed by atoms with Crippen LogP contribution >= 0.6 is 0 Å². The van der Waals surface area contributed by atoms with Crippen LogP contribution < -0.4 is 4.74 Å². The van der Waals surface area contributed by atoms with Gasteiger partial charge in [0, 0.05) is 13.1 Å². The molecule has 0 N–H and O–H groups in total. The molecule has 2 aromatic carbocycles. The maximum atomic E-state index is 12.8. The summed E-state index contributed by atoms with van der Waals surface area (Å²) in [5, 5.41) is 0. The lowest BCUT2D eigenvalue weighted by molar-refractivity contribution is -0.147. The zero-order valence-electron chi connectivity index (χ0n) is 16.1. The van der Waals surface area contributed by atoms with Crippen molar-refractivity contribution in [2.75, 3.05) is 26.8 Å². The van der Waals surface area contributed by atoms with Gasteiger partial charge in [0.1, 0.15) is 5.75 Å². The summed E-state index contributed by atoms with van der Waals surface area (Å²) in [5.74, 6) is 0.0519. The Morgan fingerprint density at radius 2 is 1.75 bits per heavy atom. The van der Waals surface area contributed by atoms with Gasteiger partial charge in [0.15, 0.2) is 6.61 Å². The highest BCUT2D eigenvalue weighted by Crippen LogP contribution is 2.22. The van der Waals surface area contributed by atoms with E-state index in [0.717, 1.165) is 43.5 Å². The molecule has 0 radical (unpaired) electrons. The van der Waals surface area contributed by atoms with Gasteiger partial charge in [-0.05, 0) is 48.6 Å². The number of benzene rings is 2. The normalized spacial score (nSPS) is 14.5. The van der Waals surface area contributed by atoms with E-state index in [4.69, 9.17) is 9.47 Å². The van der Waals surface area contributed by atoms with Gasteiger partial charge in [0.05, 0.1) is 12.7 Å². The number of ether oxygens (including phenoxy) is 2. The van der Waals surface area contributed by atoms with Crippen LogP contribution in [0.5, 0.6) is 5.75 Å². The molecule has 3 rings (SSSR count). The van der Waals surface area contributed by atoms with Crippen LogP contribution in [0.4, 0.5) is 0 Å². The number of piperidine rings is 1. The Bertz CT molecular complexity index is 839. The Labute approximate surface area is 165 Å². The van der Waals surface area contributed by atoms with Crippen molar-refractivity contribution in [1.82, 2.24) is 4.90 Å². The summed E-state index contributed by atoms with van der Waals surface area (Å²) in [7, 11) is 1.60. The summed E-state index contributed by atoms with van der Waals surface area (Å²) >= 11 is 0. The lowest BCUT2D eigenvalue weighted by Gasteiger charge is -2.26. The van der Waals surface area contributed by atoms with Crippen LogP contribution in [0.3, 0.4) is 0 Å². The van der Waals surface area contributed by atoms with Crippen LogP contribution in [0, 0.1) is 0 Å². The second-order valence-corrected chi connectivity index (χ2v) is 6.72. The van der Waals surface area contributed by atoms with E-state index in [-0.39, 0.29) is 12.5 Å². The number of amides is 1. The molecule has 0 spiro atoms. The van der Waals surface area contributed by atoms with E-state index in [1.807, 2.05) is 54.6 Å². The molecule has 0 aromatic heterocycles. The van der Waals surface area contributed by atoms with Gasteiger partial charge in [0.2, 0.25) is 0 Å². The highest BCUT2D eigenvalue weighted by atomic mass is 16.5. The van der Waals surface area contributed by atoms with Crippen LogP contribution in [0.15, 0.2) is 54.6 Å². The first-order valence-electron chi connectivity index (χ1n) is 9.53. The Balaban J connectivity index is 1.77. The minimum Gasteiger partial charge on any atom is -0.497 e. The van der Waals surface area contributed by atoms with E-state index >= 15 is 0 Å². The van der Waals surface area contributed by atoms with Gasteiger partial charge >= 0.3 is 5.97 Å². The van der Waals surface area contributed by atoms with E-state index in [1.165, 1.54) is 0 Å². The minimum absolute atomic E-state index is 0.137. The molecule has 1 aliphatic heterocycles. The van der Waals surface area contributed by atoms with Crippen molar-refractivity contribution in [2.24, 2.45) is 0 Å². The van der Waals surface area contributed by atoms with Crippen molar-refractivity contribution >= 4 is 23.5 Å². The molecule has 146 valence electrons. The number of carbonyl (C=O) groups is 2. The molecule has 0 atom stereocenters. The highest BCUT2D eigenvalue weighted by Gasteiger charge is 2.20. The number of methoxy groups -OCH3 is 1. The van der Waals surface area contributed by atoms with Crippen molar-refractivity contribution in [3.8, 4) is 5.75 Å². The number of esters is 1. The summed E-state index contributed by atoms with van der Waals surface area (Å²) < 4.78 is 10.6. The molecule has 0 bridgehead atoms. The van der Waals surface area contributed by atoms with Crippen LogP contribution in [0.25, 0.3) is 11.6 Å². The zero-order valence-corrected chi connectivity index (χ0v) is 16.1. The van der Waals surface area contributed by atoms with Crippen LogP contribution in [-0.2, 0) is 14.3 Å². The lowest BCUT2D eigenvalue weighted by atomic mass is 10.0. The third kappa shape index (κ3) is 5.22. The Kier molecular flexibility index (Phi) is 6.84. The smallest absolute Gasteiger partial charge is 0.339 e. The SMILES string of the molecule is COc1cccc(/C=C(/C(=O)OCC(=O)N2CCCCC2)c2ccccc2)c1. The van der Waals surface area contributed by atoms with Crippen molar-refractivity contribution < 1.29 is 19.1 Å². The summed E-state index contributed by atoms with van der Waals surface area (Å²) in [4.78, 5) is 26.9. The molecule has 1 fully saturated rings. The van der Waals surface area contributed by atoms with Gasteiger partial charge in [-0.15, -0.1) is 0 Å². The van der Waals surface area contributed by atoms with E-state index in [2.05, 4.69) is 0 Å². The monoisotopic (exact) mass is 379 g/mol. The van der Waals surface area contributed by atoms with E-state index < -0.39 is 5.97 Å². The minimum atomic E-state index is -0.514. The first kappa shape index (κ1) is 19.7. The summed E-state index contributed by atoms with van der Waals surface area (Å²) in [6, 6.07) is 16.7. The van der Waals surface area contributed by atoms with Gasteiger partial charge in [-0.1, -0.05) is 42.5 Å². The Morgan fingerprint density at radius 1 is 1.00 bits per heavy atom. The van der Waals surface area contributed by atoms with E-state index in [9.17, 15) is 9.59 Å². The third-order valence-electron chi connectivity index (χ3n) is 4.75. The number of hydrogen-bond acceptors (Lipinski definition) is 4. The third-order valence-corrected chi connectivity index (χ3v) is 4.75. The van der Waals surface area contributed by atoms with Crippen LogP contribution in [0.2, 0.25) is 0 Å². The van der Waals surface area contributed by atoms with Crippen LogP contribution in [0.1, 0.15) is 30.4 Å². The molecule has 0 saturated carbocycles. The Morgan fingerprint density at radius 3 is 2.46 bits per heavy atom. The number of likely N-dealkylation sites (tertiary alicyclic amines) is 1. The molecule has 1 saturated heterocycles. The molecule has 0 aliphatic carbocycles. The molecule has 1 amide bonds. The molecule has 0 unspecified atom stereocenters. The van der Waals surface area contributed by atoms with Gasteiger partial charge in [-0.2, -0.15) is 0 Å². The van der Waals surface area contributed by atoms with Gasteiger partial charge in [0.25, 0.3) is 5.91 Å². The highest BCUT2D eigenvalue weighted by molar-refractivity contribution is 6.21. The quantitative estimate of drug-likeness (QED) is 0.435. The summed E-state index contributed by atoms with van der Waals surface area (Å²) in [6.45, 7) is 1.24. The fourth-order valence-electron chi connectivity index (χ4n) is 3.22. The predicted octanol–water partition coefficient (Wildman–Crippen LogP) is 3.79. The number of nitrogens with zero attached hydrogens (tertiary/aromatic N) is 1. The molecular formula is C23H25NO4. The molecule has 1 heterocycles. The predicted molar refractivity (Wildman–Crippen MR) is 109 cm³/mol. The second-order valence-electron chi connectivity index (χ2n) is 6.72. The zero-order chi connectivity index (χ0) is 19.8. The van der Waals surface area contributed by atoms with Gasteiger partial charge in [-0.3, -0.25) is 4.79 Å². The average molecular weight is 379 g/mol. The number of rotatable bonds is 6. The maximum Gasteiger partial charge on any atom is 0.339 e. The first-order chi connectivity index (χ1) is 13.7. The fourth-order valence-corrected chi connectivity index (χ4v) is 3.22. The summed E-state index contributed by atoms with van der Waals surface area (Å²) in [6.07, 6.45) is 4.91. The standard InChI is InChI=1S/C23H25NO4/c1-27-20-12-8-9-18(15-20)16-21(19-10-4-2-5-11-19)23(26)28-17-22(25)24-13-6-3-7-14-24/h2,4-5,8-12,15-16H,3,6-7,13-14,17H2,1H3/b21-16+. The number of hydrogen-bond donors (Lipinski definition) is 0. The van der Waals surface area contributed by atoms with Crippen molar-refractivity contribution in [2.45, 2.75) is 19.3 Å². The lowest BCUT2D eigenvalue weighted by Crippen LogP contribution is -2.38. The molecule has 28 heavy (non-hydrogen) atoms. The molecule has 2 aromatic rings. The van der Waals surface area contributed by atoms with E-state index in [0.29, 0.717) is 11.3 Å². The maximum absolute atomic E-state index is 12.8. The number of carbonyl (C=O) groups excluding carboxylic acids is 2. The van der Waals surface area contributed by atoms with Crippen molar-refractivity contribution in [1.29, 1.82) is 0 Å². The van der Waals surface area contributed by atoms with E-state index in [1.54, 1.807) is 18.1 Å². The van der Waals surface area contributed by atoms with Gasteiger partial charge in [-0.25, -0.2) is 4.79 Å². The molecule has 5 heteroatoms. The average Bonchev–Trinajstić information content (AvgIpc) is 2.77. The second kappa shape index (κ2) is 9.74. The molecule has 1 aliphatic rings. The van der Waals surface area contributed by atoms with Crippen molar-refractivity contribution in [3.05, 3.63) is 65.7 Å². The van der Waals surface area contributed by atoms with Crippen LogP contribution in [-0.4, -0.2) is 43.6 Å². The summed E-state index contributed by atoms with van der Waals surface area (Å²) in [5.41, 5.74) is 1.96. The molecule has 5 nitrogen and oxygen atoms in total. The molecular weight excluding hydrogens is 354 g/mol.